The van der Waals surface area contributed by atoms with E-state index in [-0.39, 0.29) is 5.41 Å². The van der Waals surface area contributed by atoms with Gasteiger partial charge in [-0.2, -0.15) is 0 Å². The van der Waals surface area contributed by atoms with Gasteiger partial charge in [-0.25, -0.2) is 0 Å². The fourth-order valence-electron chi connectivity index (χ4n) is 4.84. The summed E-state index contributed by atoms with van der Waals surface area (Å²) in [5.41, 5.74) is 14.1. The van der Waals surface area contributed by atoms with E-state index in [1.165, 1.54) is 61.2 Å². The number of aryl methyl sites for hydroxylation is 3. The van der Waals surface area contributed by atoms with Gasteiger partial charge in [-0.15, -0.1) is 0 Å². The molecule has 0 heterocycles. The Bertz CT molecular complexity index is 1120. The molecule has 3 aromatic carbocycles. The lowest BCUT2D eigenvalue weighted by Crippen LogP contribution is -2.15. The molecule has 0 fully saturated rings. The van der Waals surface area contributed by atoms with Gasteiger partial charge in [-0.05, 0) is 71.3 Å². The third kappa shape index (κ3) is 2.59. The Morgan fingerprint density at radius 3 is 1.93 bits per heavy atom. The van der Waals surface area contributed by atoms with Crippen molar-refractivity contribution in [2.75, 3.05) is 0 Å². The maximum absolute atomic E-state index is 4.18. The lowest BCUT2D eigenvalue weighted by atomic mass is 9.79. The van der Waals surface area contributed by atoms with E-state index in [2.05, 4.69) is 90.2 Å². The summed E-state index contributed by atoms with van der Waals surface area (Å²) >= 11 is 0. The molecule has 1 aliphatic rings. The van der Waals surface area contributed by atoms with Crippen molar-refractivity contribution in [3.63, 3.8) is 0 Å². The molecule has 0 aliphatic heterocycles. The lowest BCUT2D eigenvalue weighted by molar-refractivity contribution is 0.660. The van der Waals surface area contributed by atoms with Crippen LogP contribution in [0.5, 0.6) is 0 Å². The van der Waals surface area contributed by atoms with E-state index in [0.29, 0.717) is 0 Å². The molecule has 0 bridgehead atoms. The Balaban J connectivity index is 2.13. The summed E-state index contributed by atoms with van der Waals surface area (Å²) in [5, 5.41) is 0. The van der Waals surface area contributed by atoms with Crippen molar-refractivity contribution in [1.29, 1.82) is 0 Å². The molecule has 0 nitrogen and oxygen atoms in total. The normalized spacial score (nSPS) is 13.8. The minimum atomic E-state index is -0.0399. The first-order valence-electron chi connectivity index (χ1n) is 9.94. The van der Waals surface area contributed by atoms with E-state index < -0.39 is 0 Å². The minimum absolute atomic E-state index is 0.0399. The third-order valence-corrected chi connectivity index (χ3v) is 6.14. The van der Waals surface area contributed by atoms with Gasteiger partial charge in [0.05, 0.1) is 0 Å². The Labute approximate surface area is 169 Å². The largest absolute Gasteiger partial charge is 0.0984 e. The molecule has 0 radical (unpaired) electrons. The Kier molecular flexibility index (Phi) is 4.19. The molecular formula is C28H28. The number of hydrogen-bond donors (Lipinski definition) is 0. The SMILES string of the molecule is C=Cc1c(-c2cc(C)cc(C)c2)cc2c(c1C=C)-c1ccc(C)cc1C2(C)C. The topological polar surface area (TPSA) is 0 Å². The fourth-order valence-corrected chi connectivity index (χ4v) is 4.84. The van der Waals surface area contributed by atoms with Crippen LogP contribution in [0.15, 0.2) is 55.6 Å². The standard InChI is InChI=1S/C28H28/c1-8-21-22(9-2)27-23-11-10-17(3)15-25(23)28(6,7)26(27)16-24(21)20-13-18(4)12-19(5)14-20/h8-16H,1-2H2,3-7H3. The molecule has 28 heavy (non-hydrogen) atoms. The average Bonchev–Trinajstić information content (AvgIpc) is 2.86. The van der Waals surface area contributed by atoms with E-state index in [9.17, 15) is 0 Å². The highest BCUT2D eigenvalue weighted by atomic mass is 14.4. The maximum atomic E-state index is 4.18. The second-order valence-electron chi connectivity index (χ2n) is 8.63. The summed E-state index contributed by atoms with van der Waals surface area (Å²) in [6, 6.07) is 16.0. The van der Waals surface area contributed by atoms with Crippen molar-refractivity contribution < 1.29 is 0 Å². The maximum Gasteiger partial charge on any atom is 0.0159 e. The first-order chi connectivity index (χ1) is 13.3. The molecular weight excluding hydrogens is 336 g/mol. The quantitative estimate of drug-likeness (QED) is 0.443. The molecule has 0 saturated carbocycles. The van der Waals surface area contributed by atoms with Gasteiger partial charge in [0.2, 0.25) is 0 Å². The summed E-state index contributed by atoms with van der Waals surface area (Å²) in [6.07, 6.45) is 4.00. The molecule has 1 aliphatic carbocycles. The second-order valence-corrected chi connectivity index (χ2v) is 8.63. The summed E-state index contributed by atoms with van der Waals surface area (Å²) in [5.74, 6) is 0. The van der Waals surface area contributed by atoms with Crippen LogP contribution in [0.4, 0.5) is 0 Å². The first-order valence-corrected chi connectivity index (χ1v) is 9.94. The van der Waals surface area contributed by atoms with Gasteiger partial charge >= 0.3 is 0 Å². The van der Waals surface area contributed by atoms with Crippen LogP contribution in [0.3, 0.4) is 0 Å². The van der Waals surface area contributed by atoms with Gasteiger partial charge in [-0.1, -0.05) is 92.2 Å². The van der Waals surface area contributed by atoms with E-state index in [0.717, 1.165) is 0 Å². The molecule has 140 valence electrons. The highest BCUT2D eigenvalue weighted by Crippen LogP contribution is 2.53. The number of rotatable bonds is 3. The Morgan fingerprint density at radius 2 is 1.32 bits per heavy atom. The van der Waals surface area contributed by atoms with Crippen LogP contribution in [-0.2, 0) is 5.41 Å². The molecule has 0 N–H and O–H groups in total. The predicted octanol–water partition coefficient (Wildman–Crippen LogP) is 7.87. The van der Waals surface area contributed by atoms with Gasteiger partial charge in [0.1, 0.15) is 0 Å². The summed E-state index contributed by atoms with van der Waals surface area (Å²) in [4.78, 5) is 0. The van der Waals surface area contributed by atoms with Gasteiger partial charge in [0.15, 0.2) is 0 Å². The number of benzene rings is 3. The molecule has 0 saturated heterocycles. The molecule has 0 atom stereocenters. The predicted molar refractivity (Wildman–Crippen MR) is 124 cm³/mol. The molecule has 3 aromatic rings. The molecule has 0 unspecified atom stereocenters. The fraction of sp³-hybridized carbons (Fsp3) is 0.214. The Morgan fingerprint density at radius 1 is 0.679 bits per heavy atom. The van der Waals surface area contributed by atoms with Crippen molar-refractivity contribution in [1.82, 2.24) is 0 Å². The zero-order valence-corrected chi connectivity index (χ0v) is 17.6. The molecule has 0 amide bonds. The summed E-state index contributed by atoms with van der Waals surface area (Å²) < 4.78 is 0. The molecule has 0 aromatic heterocycles. The van der Waals surface area contributed by atoms with Gasteiger partial charge in [0.25, 0.3) is 0 Å². The molecule has 0 heteroatoms. The lowest BCUT2D eigenvalue weighted by Gasteiger charge is -2.24. The van der Waals surface area contributed by atoms with E-state index in [1.54, 1.807) is 0 Å². The van der Waals surface area contributed by atoms with Gasteiger partial charge in [-0.3, -0.25) is 0 Å². The van der Waals surface area contributed by atoms with Crippen LogP contribution in [0.25, 0.3) is 34.4 Å². The van der Waals surface area contributed by atoms with Crippen molar-refractivity contribution in [2.45, 2.75) is 40.0 Å². The van der Waals surface area contributed by atoms with Gasteiger partial charge < -0.3 is 0 Å². The van der Waals surface area contributed by atoms with Crippen molar-refractivity contribution in [3.8, 4) is 22.3 Å². The van der Waals surface area contributed by atoms with E-state index >= 15 is 0 Å². The van der Waals surface area contributed by atoms with E-state index in [4.69, 9.17) is 0 Å². The Hall–Kier alpha value is -2.86. The number of fused-ring (bicyclic) bond motifs is 3. The van der Waals surface area contributed by atoms with Crippen molar-refractivity contribution in [2.24, 2.45) is 0 Å². The van der Waals surface area contributed by atoms with Crippen LogP contribution in [0.1, 0.15) is 52.8 Å². The third-order valence-electron chi connectivity index (χ3n) is 6.14. The second kappa shape index (κ2) is 6.34. The van der Waals surface area contributed by atoms with E-state index in [1.807, 2.05) is 12.2 Å². The van der Waals surface area contributed by atoms with Crippen LogP contribution >= 0.6 is 0 Å². The zero-order chi connectivity index (χ0) is 20.2. The number of hydrogen-bond acceptors (Lipinski definition) is 0. The zero-order valence-electron chi connectivity index (χ0n) is 17.6. The molecule has 0 spiro atoms. The smallest absolute Gasteiger partial charge is 0.0159 e. The average molecular weight is 365 g/mol. The van der Waals surface area contributed by atoms with Crippen LogP contribution in [0.2, 0.25) is 0 Å². The molecule has 4 rings (SSSR count). The van der Waals surface area contributed by atoms with Crippen molar-refractivity contribution in [3.05, 3.63) is 94.6 Å². The van der Waals surface area contributed by atoms with Crippen molar-refractivity contribution >= 4 is 12.2 Å². The van der Waals surface area contributed by atoms with Crippen LogP contribution in [-0.4, -0.2) is 0 Å². The monoisotopic (exact) mass is 364 g/mol. The van der Waals surface area contributed by atoms with Gasteiger partial charge in [0, 0.05) is 5.41 Å². The summed E-state index contributed by atoms with van der Waals surface area (Å²) in [7, 11) is 0. The van der Waals surface area contributed by atoms with Crippen LogP contribution in [0, 0.1) is 20.8 Å². The first kappa shape index (κ1) is 18.5. The highest BCUT2D eigenvalue weighted by Gasteiger charge is 2.37. The van der Waals surface area contributed by atoms with Crippen LogP contribution < -0.4 is 0 Å². The summed E-state index contributed by atoms with van der Waals surface area (Å²) in [6.45, 7) is 19.5. The highest BCUT2D eigenvalue weighted by molar-refractivity contribution is 5.95. The minimum Gasteiger partial charge on any atom is -0.0984 e.